The number of carbonyl (C=O) groups is 1. The van der Waals surface area contributed by atoms with Gasteiger partial charge in [0, 0.05) is 10.5 Å². The Balaban J connectivity index is 2.60. The number of ether oxygens (including phenoxy) is 1. The van der Waals surface area contributed by atoms with Crippen LogP contribution in [-0.4, -0.2) is 33.2 Å². The number of methoxy groups -OCH3 is 1. The molecule has 0 aliphatic rings. The van der Waals surface area contributed by atoms with Gasteiger partial charge in [0.2, 0.25) is 0 Å². The van der Waals surface area contributed by atoms with Crippen molar-refractivity contribution in [2.45, 2.75) is 19.8 Å². The molecule has 106 valence electrons. The molecule has 6 nitrogen and oxygen atoms in total. The Labute approximate surface area is 124 Å². The number of hydrogen-bond acceptors (Lipinski definition) is 4. The average Bonchev–Trinajstić information content (AvgIpc) is 2.83. The van der Waals surface area contributed by atoms with Crippen LogP contribution >= 0.6 is 15.9 Å². The minimum absolute atomic E-state index is 0.0124. The molecule has 0 radical (unpaired) electrons. The van der Waals surface area contributed by atoms with Crippen LogP contribution in [0.4, 0.5) is 0 Å². The molecule has 1 N–H and O–H groups in total. The van der Waals surface area contributed by atoms with E-state index in [-0.39, 0.29) is 5.69 Å². The molecular formula is C13H14BrN3O3. The van der Waals surface area contributed by atoms with Crippen LogP contribution in [-0.2, 0) is 6.42 Å². The monoisotopic (exact) mass is 339 g/mol. The van der Waals surface area contributed by atoms with E-state index in [0.717, 1.165) is 10.9 Å². The number of benzene rings is 1. The quantitative estimate of drug-likeness (QED) is 0.906. The highest BCUT2D eigenvalue weighted by molar-refractivity contribution is 9.10. The number of nitrogens with zero attached hydrogens (tertiary/aromatic N) is 3. The van der Waals surface area contributed by atoms with E-state index in [4.69, 9.17) is 4.74 Å². The Kier molecular flexibility index (Phi) is 4.39. The normalized spacial score (nSPS) is 10.6. The van der Waals surface area contributed by atoms with Gasteiger partial charge in [-0.1, -0.05) is 18.6 Å². The molecule has 0 saturated heterocycles. The largest absolute Gasteiger partial charge is 0.497 e. The number of carboxylic acids is 1. The van der Waals surface area contributed by atoms with Gasteiger partial charge in [0.15, 0.2) is 5.69 Å². The minimum atomic E-state index is -1.07. The van der Waals surface area contributed by atoms with E-state index in [1.807, 2.05) is 19.1 Å². The highest BCUT2D eigenvalue weighted by atomic mass is 79.9. The van der Waals surface area contributed by atoms with E-state index in [9.17, 15) is 9.90 Å². The van der Waals surface area contributed by atoms with Crippen LogP contribution in [0.5, 0.6) is 5.75 Å². The number of hydrogen-bond donors (Lipinski definition) is 1. The summed E-state index contributed by atoms with van der Waals surface area (Å²) in [5.74, 6) is -0.406. The molecule has 7 heteroatoms. The number of aromatic carboxylic acids is 1. The van der Waals surface area contributed by atoms with Crippen LogP contribution < -0.4 is 4.74 Å². The molecule has 2 aromatic rings. The summed E-state index contributed by atoms with van der Waals surface area (Å²) in [6.45, 7) is 1.98. The van der Waals surface area contributed by atoms with Gasteiger partial charge in [0.05, 0.1) is 18.5 Å². The molecule has 0 aliphatic heterocycles. The van der Waals surface area contributed by atoms with E-state index in [0.29, 0.717) is 23.6 Å². The topological polar surface area (TPSA) is 77.2 Å². The van der Waals surface area contributed by atoms with E-state index < -0.39 is 5.97 Å². The van der Waals surface area contributed by atoms with Gasteiger partial charge in [-0.15, -0.1) is 5.10 Å². The first-order valence-corrected chi connectivity index (χ1v) is 6.89. The second kappa shape index (κ2) is 6.04. The van der Waals surface area contributed by atoms with Crippen molar-refractivity contribution in [2.75, 3.05) is 7.11 Å². The van der Waals surface area contributed by atoms with Gasteiger partial charge in [-0.3, -0.25) is 0 Å². The van der Waals surface area contributed by atoms with Gasteiger partial charge >= 0.3 is 5.97 Å². The average molecular weight is 340 g/mol. The molecule has 0 spiro atoms. The first-order valence-electron chi connectivity index (χ1n) is 6.10. The zero-order valence-corrected chi connectivity index (χ0v) is 12.7. The van der Waals surface area contributed by atoms with E-state index >= 15 is 0 Å². The SMILES string of the molecule is CCCc1c(C(=O)O)nnn1-c1cc(OC)ccc1Br. The summed E-state index contributed by atoms with van der Waals surface area (Å²) < 4.78 is 7.52. The Morgan fingerprint density at radius 2 is 2.25 bits per heavy atom. The fourth-order valence-electron chi connectivity index (χ4n) is 1.90. The molecule has 0 fully saturated rings. The van der Waals surface area contributed by atoms with Gasteiger partial charge in [-0.05, 0) is 34.5 Å². The Morgan fingerprint density at radius 3 is 2.85 bits per heavy atom. The lowest BCUT2D eigenvalue weighted by Gasteiger charge is -2.10. The first kappa shape index (κ1) is 14.5. The molecule has 0 unspecified atom stereocenters. The van der Waals surface area contributed by atoms with Crippen LogP contribution in [0.15, 0.2) is 22.7 Å². The van der Waals surface area contributed by atoms with Gasteiger partial charge in [-0.25, -0.2) is 9.48 Å². The van der Waals surface area contributed by atoms with Gasteiger partial charge in [-0.2, -0.15) is 0 Å². The smallest absolute Gasteiger partial charge is 0.358 e. The van der Waals surface area contributed by atoms with Crippen molar-refractivity contribution in [1.29, 1.82) is 0 Å². The third kappa shape index (κ3) is 2.67. The van der Waals surface area contributed by atoms with E-state index in [2.05, 4.69) is 26.2 Å². The Hall–Kier alpha value is -1.89. The van der Waals surface area contributed by atoms with E-state index in [1.165, 1.54) is 0 Å². The summed E-state index contributed by atoms with van der Waals surface area (Å²) in [4.78, 5) is 11.2. The predicted octanol–water partition coefficient (Wildman–Crippen LogP) is 2.69. The van der Waals surface area contributed by atoms with Gasteiger partial charge < -0.3 is 9.84 Å². The number of rotatable bonds is 5. The maximum Gasteiger partial charge on any atom is 0.358 e. The maximum absolute atomic E-state index is 11.2. The van der Waals surface area contributed by atoms with Crippen molar-refractivity contribution in [1.82, 2.24) is 15.0 Å². The standard InChI is InChI=1S/C13H14BrN3O3/c1-3-4-10-12(13(18)19)15-16-17(10)11-7-8(20-2)5-6-9(11)14/h5-7H,3-4H2,1-2H3,(H,18,19). The van der Waals surface area contributed by atoms with Crippen LogP contribution in [0.25, 0.3) is 5.69 Å². The second-order valence-electron chi connectivity index (χ2n) is 4.17. The first-order chi connectivity index (χ1) is 9.58. The highest BCUT2D eigenvalue weighted by Crippen LogP contribution is 2.27. The summed E-state index contributed by atoms with van der Waals surface area (Å²) in [5, 5.41) is 16.9. The predicted molar refractivity (Wildman–Crippen MR) is 76.6 cm³/mol. The summed E-state index contributed by atoms with van der Waals surface area (Å²) in [6.07, 6.45) is 1.38. The van der Waals surface area contributed by atoms with Crippen molar-refractivity contribution in [2.24, 2.45) is 0 Å². The molecule has 0 aliphatic carbocycles. The zero-order valence-electron chi connectivity index (χ0n) is 11.1. The van der Waals surface area contributed by atoms with Crippen LogP contribution in [0, 0.1) is 0 Å². The fraction of sp³-hybridized carbons (Fsp3) is 0.308. The molecule has 0 amide bonds. The summed E-state index contributed by atoms with van der Waals surface area (Å²) in [5.41, 5.74) is 1.27. The van der Waals surface area contributed by atoms with Crippen molar-refractivity contribution in [3.63, 3.8) is 0 Å². The molecule has 20 heavy (non-hydrogen) atoms. The van der Waals surface area contributed by atoms with Crippen molar-refractivity contribution in [3.05, 3.63) is 34.1 Å². The van der Waals surface area contributed by atoms with E-state index in [1.54, 1.807) is 17.9 Å². The van der Waals surface area contributed by atoms with Crippen LogP contribution in [0.2, 0.25) is 0 Å². The lowest BCUT2D eigenvalue weighted by atomic mass is 10.2. The summed E-state index contributed by atoms with van der Waals surface area (Å²) in [7, 11) is 1.57. The minimum Gasteiger partial charge on any atom is -0.497 e. The van der Waals surface area contributed by atoms with Crippen molar-refractivity contribution in [3.8, 4) is 11.4 Å². The fourth-order valence-corrected chi connectivity index (χ4v) is 2.32. The molecule has 0 atom stereocenters. The summed E-state index contributed by atoms with van der Waals surface area (Å²) in [6, 6.07) is 5.41. The Bertz CT molecular complexity index is 640. The summed E-state index contributed by atoms with van der Waals surface area (Å²) >= 11 is 3.44. The second-order valence-corrected chi connectivity index (χ2v) is 5.02. The molecular weight excluding hydrogens is 326 g/mol. The van der Waals surface area contributed by atoms with Crippen LogP contribution in [0.3, 0.4) is 0 Å². The van der Waals surface area contributed by atoms with Crippen molar-refractivity contribution >= 4 is 21.9 Å². The number of carboxylic acid groups (broad SMARTS) is 1. The molecule has 1 heterocycles. The molecule has 0 saturated carbocycles. The molecule has 1 aromatic carbocycles. The molecule has 1 aromatic heterocycles. The number of halogens is 1. The zero-order chi connectivity index (χ0) is 14.7. The van der Waals surface area contributed by atoms with Crippen molar-refractivity contribution < 1.29 is 14.6 Å². The highest BCUT2D eigenvalue weighted by Gasteiger charge is 2.20. The van der Waals surface area contributed by atoms with Gasteiger partial charge in [0.1, 0.15) is 5.75 Å². The number of aromatic nitrogens is 3. The third-order valence-electron chi connectivity index (χ3n) is 2.83. The third-order valence-corrected chi connectivity index (χ3v) is 3.50. The van der Waals surface area contributed by atoms with Gasteiger partial charge in [0.25, 0.3) is 0 Å². The lowest BCUT2D eigenvalue weighted by Crippen LogP contribution is -2.07. The molecule has 2 rings (SSSR count). The van der Waals surface area contributed by atoms with Crippen LogP contribution in [0.1, 0.15) is 29.5 Å². The lowest BCUT2D eigenvalue weighted by molar-refractivity contribution is 0.0689. The maximum atomic E-state index is 11.2. The molecule has 0 bridgehead atoms. The Morgan fingerprint density at radius 1 is 1.50 bits per heavy atom.